The number of nitrogens with zero attached hydrogens (tertiary/aromatic N) is 2. The number of halogens is 3. The first kappa shape index (κ1) is 16.7. The maximum Gasteiger partial charge on any atom is 0.443 e. The molecule has 0 spiro atoms. The van der Waals surface area contributed by atoms with E-state index in [-0.39, 0.29) is 6.04 Å². The van der Waals surface area contributed by atoms with Gasteiger partial charge in [0.05, 0.1) is 6.61 Å². The van der Waals surface area contributed by atoms with Crippen LogP contribution in [0.2, 0.25) is 0 Å². The summed E-state index contributed by atoms with van der Waals surface area (Å²) in [5, 5.41) is 3.12. The maximum atomic E-state index is 13.3. The smallest absolute Gasteiger partial charge is 0.443 e. The first-order valence-electron chi connectivity index (χ1n) is 8.24. The molecule has 1 saturated heterocycles. The molecule has 134 valence electrons. The number of hydrogen-bond acceptors (Lipinski definition) is 5. The minimum Gasteiger partial charge on any atom is -0.493 e. The van der Waals surface area contributed by atoms with Crippen molar-refractivity contribution in [3.05, 3.63) is 28.8 Å². The zero-order chi connectivity index (χ0) is 17.6. The van der Waals surface area contributed by atoms with Crippen LogP contribution in [0.4, 0.5) is 18.2 Å². The molecule has 2 aliphatic heterocycles. The van der Waals surface area contributed by atoms with Crippen LogP contribution < -0.4 is 15.0 Å². The molecule has 0 amide bonds. The van der Waals surface area contributed by atoms with Crippen molar-refractivity contribution < 1.29 is 17.9 Å². The first-order valence-corrected chi connectivity index (χ1v) is 9.06. The molecule has 0 bridgehead atoms. The van der Waals surface area contributed by atoms with Crippen molar-refractivity contribution in [1.29, 1.82) is 0 Å². The Morgan fingerprint density at radius 1 is 1.36 bits per heavy atom. The summed E-state index contributed by atoms with van der Waals surface area (Å²) < 4.78 is 45.3. The largest absolute Gasteiger partial charge is 0.493 e. The van der Waals surface area contributed by atoms with Crippen molar-refractivity contribution in [3.63, 3.8) is 0 Å². The van der Waals surface area contributed by atoms with Crippen molar-refractivity contribution in [2.24, 2.45) is 0 Å². The fourth-order valence-electron chi connectivity index (χ4n) is 3.29. The zero-order valence-electron chi connectivity index (χ0n) is 13.7. The van der Waals surface area contributed by atoms with Crippen LogP contribution in [-0.2, 0) is 12.6 Å². The van der Waals surface area contributed by atoms with E-state index >= 15 is 0 Å². The van der Waals surface area contributed by atoms with Gasteiger partial charge >= 0.3 is 6.18 Å². The van der Waals surface area contributed by atoms with Gasteiger partial charge in [-0.2, -0.15) is 13.2 Å². The van der Waals surface area contributed by atoms with Gasteiger partial charge in [-0.05, 0) is 30.7 Å². The fraction of sp³-hybridized carbons (Fsp3) is 0.471. The van der Waals surface area contributed by atoms with E-state index in [4.69, 9.17) is 4.74 Å². The predicted octanol–water partition coefficient (Wildman–Crippen LogP) is 3.56. The highest BCUT2D eigenvalue weighted by atomic mass is 32.1. The lowest BCUT2D eigenvalue weighted by Gasteiger charge is -2.33. The van der Waals surface area contributed by atoms with E-state index in [0.717, 1.165) is 41.2 Å². The summed E-state index contributed by atoms with van der Waals surface area (Å²) in [4.78, 5) is 5.98. The molecule has 25 heavy (non-hydrogen) atoms. The topological polar surface area (TPSA) is 37.4 Å². The van der Waals surface area contributed by atoms with Crippen LogP contribution in [0.3, 0.4) is 0 Å². The second-order valence-corrected chi connectivity index (χ2v) is 7.37. The number of thiazole rings is 1. The van der Waals surface area contributed by atoms with Gasteiger partial charge in [-0.15, -0.1) is 0 Å². The Bertz CT molecular complexity index is 790. The molecule has 2 aromatic rings. The molecule has 0 aliphatic carbocycles. The molecule has 4 nitrogen and oxygen atoms in total. The molecule has 1 aromatic carbocycles. The first-order chi connectivity index (χ1) is 11.9. The van der Waals surface area contributed by atoms with Gasteiger partial charge in [-0.3, -0.25) is 0 Å². The van der Waals surface area contributed by atoms with Crippen LogP contribution in [0.25, 0.3) is 11.3 Å². The predicted molar refractivity (Wildman–Crippen MR) is 91.4 cm³/mol. The SMILES string of the molecule is C[C@@H]1CN(c2sc(C(F)(F)F)nc2-c2ccc3c(c2)CCO3)CCN1. The summed E-state index contributed by atoms with van der Waals surface area (Å²) in [6.07, 6.45) is -3.66. The molecule has 1 atom stereocenters. The van der Waals surface area contributed by atoms with Crippen molar-refractivity contribution in [2.45, 2.75) is 25.6 Å². The summed E-state index contributed by atoms with van der Waals surface area (Å²) >= 11 is 0.734. The van der Waals surface area contributed by atoms with Crippen molar-refractivity contribution in [1.82, 2.24) is 10.3 Å². The standard InChI is InChI=1S/C17H18F3N3OS/c1-10-9-23(6-5-21-10)15-14(22-16(25-15)17(18,19)20)12-2-3-13-11(8-12)4-7-24-13/h2-3,8,10,21H,4-7,9H2,1H3/t10-/m1/s1. The summed E-state index contributed by atoms with van der Waals surface area (Å²) in [5.41, 5.74) is 2.16. The van der Waals surface area contributed by atoms with Crippen LogP contribution in [-0.4, -0.2) is 37.3 Å². The van der Waals surface area contributed by atoms with Gasteiger partial charge in [0.25, 0.3) is 0 Å². The summed E-state index contributed by atoms with van der Waals surface area (Å²) in [5.74, 6) is 0.812. The van der Waals surface area contributed by atoms with Gasteiger partial charge in [-0.25, -0.2) is 4.98 Å². The quantitative estimate of drug-likeness (QED) is 0.878. The van der Waals surface area contributed by atoms with Crippen molar-refractivity contribution in [3.8, 4) is 17.0 Å². The molecule has 0 radical (unpaired) electrons. The van der Waals surface area contributed by atoms with Gasteiger partial charge in [-0.1, -0.05) is 11.3 Å². The van der Waals surface area contributed by atoms with E-state index in [9.17, 15) is 13.2 Å². The van der Waals surface area contributed by atoms with Crippen molar-refractivity contribution in [2.75, 3.05) is 31.1 Å². The molecule has 0 unspecified atom stereocenters. The minimum absolute atomic E-state index is 0.228. The lowest BCUT2D eigenvalue weighted by molar-refractivity contribution is -0.137. The third kappa shape index (κ3) is 3.20. The molecule has 0 saturated carbocycles. The van der Waals surface area contributed by atoms with Gasteiger partial charge < -0.3 is 15.0 Å². The Labute approximate surface area is 147 Å². The summed E-state index contributed by atoms with van der Waals surface area (Å²) in [6.45, 7) is 4.74. The van der Waals surface area contributed by atoms with E-state index in [1.165, 1.54) is 0 Å². The molecule has 8 heteroatoms. The number of anilines is 1. The number of piperazine rings is 1. The highest BCUT2D eigenvalue weighted by Crippen LogP contribution is 2.43. The number of alkyl halides is 3. The monoisotopic (exact) mass is 369 g/mol. The molecule has 1 aromatic heterocycles. The average Bonchev–Trinajstić information content (AvgIpc) is 3.20. The van der Waals surface area contributed by atoms with E-state index in [1.807, 2.05) is 24.0 Å². The second kappa shape index (κ2) is 6.17. The lowest BCUT2D eigenvalue weighted by Crippen LogP contribution is -2.49. The number of nitrogens with one attached hydrogen (secondary N) is 1. The number of rotatable bonds is 2. The fourth-order valence-corrected chi connectivity index (χ4v) is 4.28. The van der Waals surface area contributed by atoms with Crippen molar-refractivity contribution >= 4 is 16.3 Å². The van der Waals surface area contributed by atoms with Crippen LogP contribution in [0.5, 0.6) is 5.75 Å². The zero-order valence-corrected chi connectivity index (χ0v) is 14.5. The van der Waals surface area contributed by atoms with Crippen LogP contribution in [0, 0.1) is 0 Å². The molecule has 3 heterocycles. The summed E-state index contributed by atoms with van der Waals surface area (Å²) in [6, 6.07) is 5.77. The molecule has 1 N–H and O–H groups in total. The highest BCUT2D eigenvalue weighted by molar-refractivity contribution is 7.16. The summed E-state index contributed by atoms with van der Waals surface area (Å²) in [7, 11) is 0. The van der Waals surface area contributed by atoms with E-state index in [0.29, 0.717) is 30.4 Å². The Morgan fingerprint density at radius 3 is 2.96 bits per heavy atom. The average molecular weight is 369 g/mol. The van der Waals surface area contributed by atoms with E-state index in [2.05, 4.69) is 10.3 Å². The highest BCUT2D eigenvalue weighted by Gasteiger charge is 2.37. The Morgan fingerprint density at radius 2 is 2.20 bits per heavy atom. The minimum atomic E-state index is -4.43. The molecular weight excluding hydrogens is 351 g/mol. The molecule has 1 fully saturated rings. The lowest BCUT2D eigenvalue weighted by atomic mass is 10.1. The Hall–Kier alpha value is -1.80. The van der Waals surface area contributed by atoms with E-state index in [1.54, 1.807) is 6.07 Å². The van der Waals surface area contributed by atoms with Gasteiger partial charge in [0.15, 0.2) is 0 Å². The van der Waals surface area contributed by atoms with Gasteiger partial charge in [0.2, 0.25) is 5.01 Å². The normalized spacial score (nSPS) is 20.5. The number of ether oxygens (including phenoxy) is 1. The number of benzene rings is 1. The Kier molecular flexibility index (Phi) is 4.11. The maximum absolute atomic E-state index is 13.3. The molecule has 4 rings (SSSR count). The van der Waals surface area contributed by atoms with Gasteiger partial charge in [0, 0.05) is 37.7 Å². The third-order valence-electron chi connectivity index (χ3n) is 4.47. The second-order valence-electron chi connectivity index (χ2n) is 6.39. The number of fused-ring (bicyclic) bond motifs is 1. The third-order valence-corrected chi connectivity index (χ3v) is 5.63. The molecular formula is C17H18F3N3OS. The van der Waals surface area contributed by atoms with Crippen LogP contribution in [0.15, 0.2) is 18.2 Å². The van der Waals surface area contributed by atoms with Crippen LogP contribution in [0.1, 0.15) is 17.5 Å². The number of hydrogen-bond donors (Lipinski definition) is 1. The molecule has 2 aliphatic rings. The van der Waals surface area contributed by atoms with Crippen LogP contribution >= 0.6 is 11.3 Å². The van der Waals surface area contributed by atoms with Gasteiger partial charge in [0.1, 0.15) is 16.4 Å². The number of aromatic nitrogens is 1. The van der Waals surface area contributed by atoms with E-state index < -0.39 is 11.2 Å². The Balaban J connectivity index is 1.78.